The Kier molecular flexibility index (Phi) is 12.8. The van der Waals surface area contributed by atoms with Gasteiger partial charge in [-0.05, 0) is 55.7 Å². The summed E-state index contributed by atoms with van der Waals surface area (Å²) in [7, 11) is 1.45. The number of halogens is 3. The van der Waals surface area contributed by atoms with Crippen molar-refractivity contribution >= 4 is 81.8 Å². The van der Waals surface area contributed by atoms with Crippen LogP contribution in [-0.4, -0.2) is 108 Å². The zero-order valence-corrected chi connectivity index (χ0v) is 32.7. The van der Waals surface area contributed by atoms with Crippen molar-refractivity contribution in [2.24, 2.45) is 0 Å². The number of piperazine rings is 1. The molecule has 14 nitrogen and oxygen atoms in total. The molecule has 7 amide bonds. The first kappa shape index (κ1) is 40.5. The third-order valence-electron chi connectivity index (χ3n) is 9.93. The minimum absolute atomic E-state index is 0.0169. The standard InChI is InChI=1S/C39H39Cl3N6O8/c1-56-31-21-28(42)25(24-19-22(40)7-8-27(24)41)20-26(31)37(53)47-17-15-46(16-18-47)34(51)12-11-32(49)44-14-3-2-13-43-29-6-4-5-23-35(29)39(55)48(38(23)54)30-9-10-33(50)45-36(30)52/h4-8,19-21,30,43H,2-3,9-18H2,1H3,(H,44,49)(H,45,50,52). The molecule has 1 atom stereocenters. The van der Waals surface area contributed by atoms with Crippen molar-refractivity contribution in [1.29, 1.82) is 0 Å². The fourth-order valence-electron chi connectivity index (χ4n) is 6.96. The Hall–Kier alpha value is -5.18. The van der Waals surface area contributed by atoms with E-state index in [2.05, 4.69) is 16.0 Å². The van der Waals surface area contributed by atoms with Crippen LogP contribution >= 0.6 is 34.8 Å². The number of hydrogen-bond acceptors (Lipinski definition) is 9. The molecule has 1 unspecified atom stereocenters. The van der Waals surface area contributed by atoms with Crippen molar-refractivity contribution in [2.45, 2.75) is 44.6 Å². The molecule has 6 rings (SSSR count). The molecule has 0 aliphatic carbocycles. The Labute approximate surface area is 337 Å². The highest BCUT2D eigenvalue weighted by Gasteiger charge is 2.45. The van der Waals surface area contributed by atoms with Crippen molar-refractivity contribution in [1.82, 2.24) is 25.3 Å². The molecule has 3 aromatic rings. The summed E-state index contributed by atoms with van der Waals surface area (Å²) in [6, 6.07) is 12.0. The second-order valence-corrected chi connectivity index (χ2v) is 14.7. The van der Waals surface area contributed by atoms with E-state index >= 15 is 0 Å². The van der Waals surface area contributed by atoms with Crippen molar-refractivity contribution in [3.8, 4) is 16.9 Å². The Bertz CT molecular complexity index is 2100. The molecule has 3 aliphatic heterocycles. The van der Waals surface area contributed by atoms with Gasteiger partial charge < -0.3 is 25.2 Å². The number of nitrogens with one attached hydrogen (secondary N) is 3. The number of nitrogens with zero attached hydrogens (tertiary/aromatic N) is 3. The number of rotatable bonds is 13. The van der Waals surface area contributed by atoms with Gasteiger partial charge in [0.25, 0.3) is 17.7 Å². The summed E-state index contributed by atoms with van der Waals surface area (Å²) < 4.78 is 5.47. The summed E-state index contributed by atoms with van der Waals surface area (Å²) >= 11 is 19.2. The number of fused-ring (bicyclic) bond motifs is 1. The van der Waals surface area contributed by atoms with Gasteiger partial charge in [0, 0.05) is 91.5 Å². The number of anilines is 1. The van der Waals surface area contributed by atoms with Crippen LogP contribution in [0.3, 0.4) is 0 Å². The summed E-state index contributed by atoms with van der Waals surface area (Å²) in [5.41, 5.74) is 2.23. The van der Waals surface area contributed by atoms with E-state index in [0.29, 0.717) is 82.2 Å². The number of methoxy groups -OCH3 is 1. The molecule has 3 heterocycles. The summed E-state index contributed by atoms with van der Waals surface area (Å²) in [6.45, 7) is 2.02. The average Bonchev–Trinajstić information content (AvgIpc) is 3.44. The normalized spacial score (nSPS) is 16.8. The third-order valence-corrected chi connectivity index (χ3v) is 10.8. The van der Waals surface area contributed by atoms with Crippen LogP contribution in [0.4, 0.5) is 5.69 Å². The second-order valence-electron chi connectivity index (χ2n) is 13.5. The van der Waals surface area contributed by atoms with E-state index in [-0.39, 0.29) is 67.6 Å². The summed E-state index contributed by atoms with van der Waals surface area (Å²) in [4.78, 5) is 93.6. The third kappa shape index (κ3) is 8.77. The minimum Gasteiger partial charge on any atom is -0.496 e. The molecule has 2 fully saturated rings. The fourth-order valence-corrected chi connectivity index (χ4v) is 7.61. The van der Waals surface area contributed by atoms with Crippen molar-refractivity contribution in [3.63, 3.8) is 0 Å². The van der Waals surface area contributed by atoms with E-state index < -0.39 is 29.7 Å². The van der Waals surface area contributed by atoms with E-state index in [1.807, 2.05) is 0 Å². The smallest absolute Gasteiger partial charge is 0.264 e. The zero-order chi connectivity index (χ0) is 40.1. The lowest BCUT2D eigenvalue weighted by Gasteiger charge is -2.35. The van der Waals surface area contributed by atoms with Crippen LogP contribution in [0.5, 0.6) is 5.75 Å². The molecule has 2 saturated heterocycles. The first-order valence-electron chi connectivity index (χ1n) is 18.1. The number of imide groups is 2. The molecule has 0 saturated carbocycles. The molecule has 56 heavy (non-hydrogen) atoms. The average molecular weight is 826 g/mol. The van der Waals surface area contributed by atoms with Crippen molar-refractivity contribution in [2.75, 3.05) is 51.7 Å². The summed E-state index contributed by atoms with van der Waals surface area (Å²) in [6.07, 6.45) is 1.39. The highest BCUT2D eigenvalue weighted by Crippen LogP contribution is 2.39. The Morgan fingerprint density at radius 2 is 1.54 bits per heavy atom. The number of unbranched alkanes of at least 4 members (excludes halogenated alkanes) is 1. The maximum atomic E-state index is 13.6. The molecule has 3 N–H and O–H groups in total. The molecule has 0 aromatic heterocycles. The topological polar surface area (TPSA) is 175 Å². The van der Waals surface area contributed by atoms with Crippen LogP contribution in [0.2, 0.25) is 15.1 Å². The number of piperidine rings is 1. The Morgan fingerprint density at radius 3 is 2.27 bits per heavy atom. The van der Waals surface area contributed by atoms with Crippen LogP contribution in [0.25, 0.3) is 11.1 Å². The molecule has 3 aromatic carbocycles. The lowest BCUT2D eigenvalue weighted by molar-refractivity contribution is -0.136. The first-order valence-corrected chi connectivity index (χ1v) is 19.3. The lowest BCUT2D eigenvalue weighted by atomic mass is 10.0. The SMILES string of the molecule is COc1cc(Cl)c(-c2cc(Cl)ccc2Cl)cc1C(=O)N1CCN(C(=O)CCC(=O)NCCCCNc2cccc3c2C(=O)N(C2CCC(=O)NC2=O)C3=O)CC1. The lowest BCUT2D eigenvalue weighted by Crippen LogP contribution is -2.54. The van der Waals surface area contributed by atoms with Gasteiger partial charge in [0.05, 0.1) is 28.8 Å². The van der Waals surface area contributed by atoms with E-state index in [1.54, 1.807) is 52.3 Å². The first-order chi connectivity index (χ1) is 26.9. The molecule has 0 radical (unpaired) electrons. The monoisotopic (exact) mass is 824 g/mol. The fraction of sp³-hybridized carbons (Fsp3) is 0.359. The van der Waals surface area contributed by atoms with Gasteiger partial charge in [-0.1, -0.05) is 40.9 Å². The Morgan fingerprint density at radius 1 is 0.821 bits per heavy atom. The molecule has 294 valence electrons. The summed E-state index contributed by atoms with van der Waals surface area (Å²) in [5.74, 6) is -2.70. The van der Waals surface area contributed by atoms with Crippen molar-refractivity contribution < 1.29 is 38.3 Å². The maximum Gasteiger partial charge on any atom is 0.264 e. The number of carbonyl (C=O) groups is 7. The largest absolute Gasteiger partial charge is 0.496 e. The van der Waals surface area contributed by atoms with Crippen LogP contribution < -0.4 is 20.7 Å². The molecular weight excluding hydrogens is 787 g/mol. The second kappa shape index (κ2) is 17.7. The van der Waals surface area contributed by atoms with Gasteiger partial charge in [-0.15, -0.1) is 0 Å². The van der Waals surface area contributed by atoms with Gasteiger partial charge in [-0.2, -0.15) is 0 Å². The molecular formula is C39H39Cl3N6O8. The van der Waals surface area contributed by atoms with Gasteiger partial charge in [0.1, 0.15) is 11.8 Å². The highest BCUT2D eigenvalue weighted by molar-refractivity contribution is 6.38. The van der Waals surface area contributed by atoms with Gasteiger partial charge >= 0.3 is 0 Å². The predicted molar refractivity (Wildman–Crippen MR) is 209 cm³/mol. The molecule has 0 spiro atoms. The number of hydrogen-bond donors (Lipinski definition) is 3. The molecule has 0 bridgehead atoms. The van der Waals surface area contributed by atoms with Gasteiger partial charge in [-0.25, -0.2) is 0 Å². The molecule has 17 heteroatoms. The van der Waals surface area contributed by atoms with Gasteiger partial charge in [0.2, 0.25) is 23.6 Å². The zero-order valence-electron chi connectivity index (χ0n) is 30.4. The quantitative estimate of drug-likeness (QED) is 0.162. The van der Waals surface area contributed by atoms with Crippen LogP contribution in [-0.2, 0) is 19.2 Å². The number of amides is 7. The number of ether oxygens (including phenoxy) is 1. The van der Waals surface area contributed by atoms with Crippen LogP contribution in [0.15, 0.2) is 48.5 Å². The van der Waals surface area contributed by atoms with Crippen LogP contribution in [0, 0.1) is 0 Å². The highest BCUT2D eigenvalue weighted by atomic mass is 35.5. The van der Waals surface area contributed by atoms with Crippen molar-refractivity contribution in [3.05, 3.63) is 80.3 Å². The summed E-state index contributed by atoms with van der Waals surface area (Å²) in [5, 5.41) is 9.42. The number of carbonyl (C=O) groups excluding carboxylic acids is 7. The van der Waals surface area contributed by atoms with Gasteiger partial charge in [-0.3, -0.25) is 43.8 Å². The minimum atomic E-state index is -1.05. The van der Waals surface area contributed by atoms with E-state index in [4.69, 9.17) is 39.5 Å². The predicted octanol–water partition coefficient (Wildman–Crippen LogP) is 4.80. The van der Waals surface area contributed by atoms with E-state index in [1.165, 1.54) is 13.2 Å². The van der Waals surface area contributed by atoms with Gasteiger partial charge in [0.15, 0.2) is 0 Å². The number of benzene rings is 3. The molecule has 3 aliphatic rings. The van der Waals surface area contributed by atoms with E-state index in [9.17, 15) is 33.6 Å². The Balaban J connectivity index is 0.912. The maximum absolute atomic E-state index is 13.6. The van der Waals surface area contributed by atoms with Crippen LogP contribution in [0.1, 0.15) is 69.6 Å². The van der Waals surface area contributed by atoms with E-state index in [0.717, 1.165) is 4.90 Å².